The molecule has 2 aromatic heterocycles. The second-order valence-electron chi connectivity index (χ2n) is 3.80. The monoisotopic (exact) mass is 282 g/mol. The molecule has 2 aromatic rings. The Labute approximate surface area is 110 Å². The van der Waals surface area contributed by atoms with Gasteiger partial charge < -0.3 is 9.99 Å². The van der Waals surface area contributed by atoms with Gasteiger partial charge in [-0.05, 0) is 12.1 Å². The standard InChI is InChI=1S/C10H14N6O2S/c1-16-5-4-12-10(16)7-14-19(17,18)8-2-3-9(15-11)13-6-8/h2-6,14H,7,11H2,1H3,(H,13,15). The van der Waals surface area contributed by atoms with E-state index in [4.69, 9.17) is 5.84 Å². The first-order valence-corrected chi connectivity index (χ1v) is 6.90. The van der Waals surface area contributed by atoms with Gasteiger partial charge in [-0.1, -0.05) is 0 Å². The summed E-state index contributed by atoms with van der Waals surface area (Å²) < 4.78 is 28.2. The number of nitrogen functional groups attached to an aromatic ring is 1. The van der Waals surface area contributed by atoms with E-state index in [0.717, 1.165) is 0 Å². The van der Waals surface area contributed by atoms with Gasteiger partial charge in [-0.15, -0.1) is 0 Å². The maximum atomic E-state index is 12.0. The summed E-state index contributed by atoms with van der Waals surface area (Å²) in [5, 5.41) is 0. The number of nitrogens with one attached hydrogen (secondary N) is 2. The molecular formula is C10H14N6O2S. The molecular weight excluding hydrogens is 268 g/mol. The Balaban J connectivity index is 2.11. The van der Waals surface area contributed by atoms with Crippen LogP contribution in [0.25, 0.3) is 0 Å². The second kappa shape index (κ2) is 5.34. The molecule has 4 N–H and O–H groups in total. The summed E-state index contributed by atoms with van der Waals surface area (Å²) in [6, 6.07) is 2.90. The van der Waals surface area contributed by atoms with E-state index in [0.29, 0.717) is 11.6 Å². The molecule has 0 saturated heterocycles. The molecule has 0 bridgehead atoms. The zero-order valence-electron chi connectivity index (χ0n) is 10.2. The lowest BCUT2D eigenvalue weighted by molar-refractivity contribution is 0.577. The summed E-state index contributed by atoms with van der Waals surface area (Å²) in [6.45, 7) is 0.114. The van der Waals surface area contributed by atoms with E-state index in [1.165, 1.54) is 18.3 Å². The third kappa shape index (κ3) is 3.08. The summed E-state index contributed by atoms with van der Waals surface area (Å²) in [6.07, 6.45) is 4.58. The molecule has 0 aliphatic rings. The number of rotatable bonds is 5. The zero-order valence-corrected chi connectivity index (χ0v) is 11.1. The Morgan fingerprint density at radius 3 is 2.68 bits per heavy atom. The average Bonchev–Trinajstić information content (AvgIpc) is 2.82. The number of sulfonamides is 1. The minimum Gasteiger partial charge on any atom is -0.337 e. The smallest absolute Gasteiger partial charge is 0.242 e. The molecule has 102 valence electrons. The molecule has 2 rings (SSSR count). The summed E-state index contributed by atoms with van der Waals surface area (Å²) >= 11 is 0. The van der Waals surface area contributed by atoms with Gasteiger partial charge in [-0.2, -0.15) is 0 Å². The number of hydrogen-bond acceptors (Lipinski definition) is 6. The lowest BCUT2D eigenvalue weighted by Gasteiger charge is -2.07. The number of hydrazine groups is 1. The predicted molar refractivity (Wildman–Crippen MR) is 69.3 cm³/mol. The Kier molecular flexibility index (Phi) is 3.79. The molecule has 0 aliphatic carbocycles. The summed E-state index contributed by atoms with van der Waals surface area (Å²) in [5.41, 5.74) is 2.33. The fraction of sp³-hybridized carbons (Fsp3) is 0.200. The van der Waals surface area contributed by atoms with E-state index < -0.39 is 10.0 Å². The first kappa shape index (κ1) is 13.5. The topological polar surface area (TPSA) is 115 Å². The highest BCUT2D eigenvalue weighted by atomic mass is 32.2. The largest absolute Gasteiger partial charge is 0.337 e. The first-order valence-electron chi connectivity index (χ1n) is 5.41. The van der Waals surface area contributed by atoms with E-state index in [2.05, 4.69) is 20.1 Å². The molecule has 0 unspecified atom stereocenters. The van der Waals surface area contributed by atoms with Crippen molar-refractivity contribution in [2.45, 2.75) is 11.4 Å². The number of anilines is 1. The highest BCUT2D eigenvalue weighted by molar-refractivity contribution is 7.89. The van der Waals surface area contributed by atoms with Crippen molar-refractivity contribution in [2.75, 3.05) is 5.43 Å². The van der Waals surface area contributed by atoms with Crippen molar-refractivity contribution in [3.05, 3.63) is 36.5 Å². The fourth-order valence-corrected chi connectivity index (χ4v) is 2.36. The van der Waals surface area contributed by atoms with E-state index in [1.54, 1.807) is 24.0 Å². The summed E-state index contributed by atoms with van der Waals surface area (Å²) in [4.78, 5) is 7.95. The van der Waals surface area contributed by atoms with Crippen molar-refractivity contribution in [1.29, 1.82) is 0 Å². The van der Waals surface area contributed by atoms with Crippen molar-refractivity contribution in [3.63, 3.8) is 0 Å². The third-order valence-electron chi connectivity index (χ3n) is 2.54. The van der Waals surface area contributed by atoms with Gasteiger partial charge in [0.05, 0.1) is 6.54 Å². The van der Waals surface area contributed by atoms with Crippen LogP contribution in [-0.2, 0) is 23.6 Å². The molecule has 0 radical (unpaired) electrons. The van der Waals surface area contributed by atoms with Crippen LogP contribution in [-0.4, -0.2) is 23.0 Å². The van der Waals surface area contributed by atoms with Gasteiger partial charge in [0.1, 0.15) is 16.5 Å². The zero-order chi connectivity index (χ0) is 13.9. The SMILES string of the molecule is Cn1ccnc1CNS(=O)(=O)c1ccc(NN)nc1. The van der Waals surface area contributed by atoms with Crippen LogP contribution >= 0.6 is 0 Å². The number of nitrogens with zero attached hydrogens (tertiary/aromatic N) is 3. The van der Waals surface area contributed by atoms with Crippen LogP contribution in [0.3, 0.4) is 0 Å². The molecule has 0 amide bonds. The number of pyridine rings is 1. The second-order valence-corrected chi connectivity index (χ2v) is 5.57. The van der Waals surface area contributed by atoms with Crippen LogP contribution in [0.2, 0.25) is 0 Å². The molecule has 9 heteroatoms. The molecule has 0 atom stereocenters. The van der Waals surface area contributed by atoms with E-state index in [-0.39, 0.29) is 11.4 Å². The molecule has 2 heterocycles. The Hall–Kier alpha value is -1.97. The van der Waals surface area contributed by atoms with Crippen LogP contribution in [0.15, 0.2) is 35.6 Å². The van der Waals surface area contributed by atoms with Gasteiger partial charge in [-0.25, -0.2) is 29.0 Å². The highest BCUT2D eigenvalue weighted by Crippen LogP contribution is 2.10. The van der Waals surface area contributed by atoms with Crippen LogP contribution in [0.1, 0.15) is 5.82 Å². The normalized spacial score (nSPS) is 11.5. The number of nitrogens with two attached hydrogens (primary N) is 1. The fourth-order valence-electron chi connectivity index (χ4n) is 1.43. The van der Waals surface area contributed by atoms with Crippen molar-refractivity contribution >= 4 is 15.8 Å². The van der Waals surface area contributed by atoms with Crippen molar-refractivity contribution in [1.82, 2.24) is 19.3 Å². The molecule has 0 aromatic carbocycles. The van der Waals surface area contributed by atoms with E-state index in [1.807, 2.05) is 0 Å². The third-order valence-corrected chi connectivity index (χ3v) is 3.92. The molecule has 8 nitrogen and oxygen atoms in total. The van der Waals surface area contributed by atoms with Gasteiger partial charge in [0, 0.05) is 25.6 Å². The number of aryl methyl sites for hydroxylation is 1. The summed E-state index contributed by atoms with van der Waals surface area (Å²) in [5.74, 6) is 6.17. The van der Waals surface area contributed by atoms with Gasteiger partial charge in [0.2, 0.25) is 10.0 Å². The molecule has 0 saturated carbocycles. The molecule has 0 fully saturated rings. The minimum absolute atomic E-state index is 0.0701. The van der Waals surface area contributed by atoms with Crippen molar-refractivity contribution < 1.29 is 8.42 Å². The van der Waals surface area contributed by atoms with E-state index in [9.17, 15) is 8.42 Å². The van der Waals surface area contributed by atoms with Crippen molar-refractivity contribution in [3.8, 4) is 0 Å². The Morgan fingerprint density at radius 2 is 2.16 bits per heavy atom. The summed E-state index contributed by atoms with van der Waals surface area (Å²) in [7, 11) is -1.82. The Bertz CT molecular complexity index is 649. The van der Waals surface area contributed by atoms with E-state index >= 15 is 0 Å². The quantitative estimate of drug-likeness (QED) is 0.507. The van der Waals surface area contributed by atoms with Crippen molar-refractivity contribution in [2.24, 2.45) is 12.9 Å². The van der Waals surface area contributed by atoms with Crippen LogP contribution in [0.5, 0.6) is 0 Å². The maximum absolute atomic E-state index is 12.0. The van der Waals surface area contributed by atoms with Gasteiger partial charge in [-0.3, -0.25) is 0 Å². The number of imidazole rings is 1. The minimum atomic E-state index is -3.61. The Morgan fingerprint density at radius 1 is 1.37 bits per heavy atom. The van der Waals surface area contributed by atoms with Crippen LogP contribution in [0.4, 0.5) is 5.82 Å². The van der Waals surface area contributed by atoms with Crippen LogP contribution in [0, 0.1) is 0 Å². The highest BCUT2D eigenvalue weighted by Gasteiger charge is 2.15. The lowest BCUT2D eigenvalue weighted by Crippen LogP contribution is -2.25. The van der Waals surface area contributed by atoms with Gasteiger partial charge >= 0.3 is 0 Å². The first-order chi connectivity index (χ1) is 9.03. The van der Waals surface area contributed by atoms with Gasteiger partial charge in [0.25, 0.3) is 0 Å². The predicted octanol–water partition coefficient (Wildman–Crippen LogP) is -0.421. The molecule has 0 aliphatic heterocycles. The number of aromatic nitrogens is 3. The molecule has 19 heavy (non-hydrogen) atoms. The molecule has 0 spiro atoms. The average molecular weight is 282 g/mol. The maximum Gasteiger partial charge on any atom is 0.242 e. The van der Waals surface area contributed by atoms with Gasteiger partial charge in [0.15, 0.2) is 0 Å². The van der Waals surface area contributed by atoms with Crippen LogP contribution < -0.4 is 16.0 Å². The lowest BCUT2D eigenvalue weighted by atomic mass is 10.5. The number of hydrogen-bond donors (Lipinski definition) is 3.